The molecule has 44 heavy (non-hydrogen) atoms. The van der Waals surface area contributed by atoms with Crippen LogP contribution in [0.2, 0.25) is 0 Å². The van der Waals surface area contributed by atoms with Crippen molar-refractivity contribution in [1.29, 1.82) is 0 Å². The number of amides is 1. The van der Waals surface area contributed by atoms with Crippen LogP contribution in [0.15, 0.2) is 23.0 Å². The van der Waals surface area contributed by atoms with E-state index in [1.54, 1.807) is 17.4 Å². The number of fused-ring (bicyclic) bond motifs is 1. The topological polar surface area (TPSA) is 118 Å². The summed E-state index contributed by atoms with van der Waals surface area (Å²) < 4.78 is 6.93. The summed E-state index contributed by atoms with van der Waals surface area (Å²) in [5, 5.41) is 23.9. The van der Waals surface area contributed by atoms with Gasteiger partial charge >= 0.3 is 4.87 Å². The average Bonchev–Trinajstić information content (AvgIpc) is 3.57. The highest BCUT2D eigenvalue weighted by Gasteiger charge is 2.41. The van der Waals surface area contributed by atoms with Gasteiger partial charge in [0.2, 0.25) is 0 Å². The lowest BCUT2D eigenvalue weighted by Crippen LogP contribution is -2.58. The third-order valence-electron chi connectivity index (χ3n) is 9.19. The monoisotopic (exact) mass is 644 g/mol. The molecule has 1 spiro atoms. The molecule has 0 bridgehead atoms. The summed E-state index contributed by atoms with van der Waals surface area (Å²) in [6.45, 7) is 10.6. The van der Waals surface area contributed by atoms with E-state index in [2.05, 4.69) is 22.1 Å². The number of carbonyl (C=O) groups excluding carboxylic acids is 1. The standard InChI is InChI=1S/C33H48N4O5S2/c1-23-20-26(24(2)43-23)31(40)37-18-19-42-33(22-37)12-16-36(17-13-33)15-9-7-5-3-4-6-8-14-34-21-28(39)25-10-11-27(38)29-30(25)44-32(41)35-29/h10-11,20,28,34,38-39H,3-9,12-19,21-22H2,1-2H3,(H,35,41)/t28-/m0/s1. The summed E-state index contributed by atoms with van der Waals surface area (Å²) in [7, 11) is 0. The number of H-pyrrole nitrogens is 1. The van der Waals surface area contributed by atoms with Crippen molar-refractivity contribution in [2.45, 2.75) is 83.3 Å². The van der Waals surface area contributed by atoms with Crippen LogP contribution in [0.4, 0.5) is 0 Å². The van der Waals surface area contributed by atoms with Gasteiger partial charge in [0.05, 0.1) is 35.1 Å². The number of phenols is 1. The molecule has 1 aromatic carbocycles. The van der Waals surface area contributed by atoms with E-state index in [1.165, 1.54) is 49.5 Å². The Kier molecular flexibility index (Phi) is 11.5. The van der Waals surface area contributed by atoms with Crippen molar-refractivity contribution in [3.63, 3.8) is 0 Å². The Morgan fingerprint density at radius 2 is 1.80 bits per heavy atom. The van der Waals surface area contributed by atoms with Crippen LogP contribution < -0.4 is 10.2 Å². The maximum Gasteiger partial charge on any atom is 0.305 e. The van der Waals surface area contributed by atoms with Gasteiger partial charge in [0.1, 0.15) is 11.3 Å². The number of aromatic amines is 1. The molecular formula is C33H48N4O5S2. The summed E-state index contributed by atoms with van der Waals surface area (Å²) in [5.41, 5.74) is 1.74. The van der Waals surface area contributed by atoms with Crippen molar-refractivity contribution in [1.82, 2.24) is 20.1 Å². The van der Waals surface area contributed by atoms with Gasteiger partial charge in [-0.2, -0.15) is 0 Å². The van der Waals surface area contributed by atoms with E-state index in [0.717, 1.165) is 67.2 Å². The van der Waals surface area contributed by atoms with E-state index in [1.807, 2.05) is 17.9 Å². The van der Waals surface area contributed by atoms with Crippen LogP contribution in [0.5, 0.6) is 5.75 Å². The number of morpholine rings is 1. The normalized spacial score (nSPS) is 17.9. The number of aromatic hydroxyl groups is 1. The number of hydrogen-bond acceptors (Lipinski definition) is 9. The molecule has 1 amide bonds. The van der Waals surface area contributed by atoms with Crippen molar-refractivity contribution >= 4 is 38.8 Å². The number of nitrogens with zero attached hydrogens (tertiary/aromatic N) is 2. The molecule has 11 heteroatoms. The molecule has 2 aliphatic heterocycles. The largest absolute Gasteiger partial charge is 0.506 e. The van der Waals surface area contributed by atoms with E-state index in [4.69, 9.17) is 4.74 Å². The molecule has 1 atom stereocenters. The van der Waals surface area contributed by atoms with Crippen molar-refractivity contribution < 1.29 is 19.7 Å². The molecule has 2 aromatic heterocycles. The zero-order valence-electron chi connectivity index (χ0n) is 26.2. The highest BCUT2D eigenvalue weighted by molar-refractivity contribution is 7.16. The van der Waals surface area contributed by atoms with Crippen LogP contribution in [0.1, 0.15) is 89.6 Å². The van der Waals surface area contributed by atoms with Crippen LogP contribution in [0.3, 0.4) is 0 Å². The minimum atomic E-state index is -0.728. The van der Waals surface area contributed by atoms with Crippen molar-refractivity contribution in [3.05, 3.63) is 48.7 Å². The Hall–Kier alpha value is -2.28. The van der Waals surface area contributed by atoms with Gasteiger partial charge in [-0.05, 0) is 64.8 Å². The molecule has 9 nitrogen and oxygen atoms in total. The number of phenolic OH excluding ortho intramolecular Hbond substituents is 1. The lowest BCUT2D eigenvalue weighted by Gasteiger charge is -2.47. The van der Waals surface area contributed by atoms with Gasteiger partial charge in [0, 0.05) is 41.5 Å². The first-order valence-corrected chi connectivity index (χ1v) is 17.8. The number of aliphatic hydroxyl groups excluding tert-OH is 1. The summed E-state index contributed by atoms with van der Waals surface area (Å²) >= 11 is 2.71. The van der Waals surface area contributed by atoms with Gasteiger partial charge in [-0.25, -0.2) is 0 Å². The van der Waals surface area contributed by atoms with Crippen molar-refractivity contribution in [2.24, 2.45) is 0 Å². The predicted molar refractivity (Wildman–Crippen MR) is 178 cm³/mol. The fourth-order valence-corrected chi connectivity index (χ4v) is 8.47. The molecular weight excluding hydrogens is 597 g/mol. The van der Waals surface area contributed by atoms with Crippen LogP contribution >= 0.6 is 22.7 Å². The molecule has 3 aromatic rings. The zero-order chi connectivity index (χ0) is 31.1. The molecule has 0 saturated carbocycles. The lowest BCUT2D eigenvalue weighted by atomic mass is 9.89. The van der Waals surface area contributed by atoms with Crippen LogP contribution in [0, 0.1) is 13.8 Å². The van der Waals surface area contributed by atoms with Gasteiger partial charge in [-0.1, -0.05) is 49.5 Å². The Balaban J connectivity index is 0.891. The van der Waals surface area contributed by atoms with E-state index < -0.39 is 6.10 Å². The Morgan fingerprint density at radius 1 is 1.07 bits per heavy atom. The number of thiazole rings is 1. The Morgan fingerprint density at radius 3 is 2.52 bits per heavy atom. The van der Waals surface area contributed by atoms with Crippen LogP contribution in [-0.2, 0) is 4.74 Å². The number of rotatable bonds is 14. The number of thiophene rings is 1. The molecule has 0 aliphatic carbocycles. The summed E-state index contributed by atoms with van der Waals surface area (Å²) in [6.07, 6.45) is 9.75. The van der Waals surface area contributed by atoms with Crippen molar-refractivity contribution in [2.75, 3.05) is 52.4 Å². The number of ether oxygens (including phenoxy) is 1. The Labute approximate surface area is 268 Å². The average molecular weight is 645 g/mol. The fourth-order valence-electron chi connectivity index (χ4n) is 6.64. The highest BCUT2D eigenvalue weighted by atomic mass is 32.1. The number of hydrogen-bond donors (Lipinski definition) is 4. The van der Waals surface area contributed by atoms with Gasteiger partial charge < -0.3 is 35.1 Å². The number of nitrogens with one attached hydrogen (secondary N) is 2. The van der Waals surface area contributed by atoms with E-state index in [-0.39, 0.29) is 22.1 Å². The van der Waals surface area contributed by atoms with Crippen molar-refractivity contribution in [3.8, 4) is 5.75 Å². The van der Waals surface area contributed by atoms with E-state index >= 15 is 0 Å². The molecule has 0 radical (unpaired) electrons. The first-order chi connectivity index (χ1) is 21.2. The second kappa shape index (κ2) is 15.3. The number of aryl methyl sites for hydroxylation is 2. The molecule has 2 saturated heterocycles. The van der Waals surface area contributed by atoms with Gasteiger partial charge in [-0.15, -0.1) is 11.3 Å². The number of carbonyl (C=O) groups is 1. The first kappa shape index (κ1) is 33.1. The lowest BCUT2D eigenvalue weighted by molar-refractivity contribution is -0.127. The molecule has 5 rings (SSSR count). The second-order valence-electron chi connectivity index (χ2n) is 12.5. The molecule has 0 unspecified atom stereocenters. The Bertz CT molecular complexity index is 1440. The van der Waals surface area contributed by atoms with E-state index in [9.17, 15) is 19.8 Å². The summed E-state index contributed by atoms with van der Waals surface area (Å²) in [5.74, 6) is 0.190. The number of unbranched alkanes of at least 4 members (excludes halogenated alkanes) is 6. The zero-order valence-corrected chi connectivity index (χ0v) is 27.8. The SMILES string of the molecule is Cc1cc(C(=O)N2CCOC3(CCN(CCCCCCCCCNC[C@H](O)c4ccc(O)c5[nH]c(=O)sc45)CC3)C2)c(C)s1. The number of aromatic nitrogens is 1. The number of aliphatic hydroxyl groups is 1. The van der Waals surface area contributed by atoms with Gasteiger partial charge in [0.25, 0.3) is 5.91 Å². The van der Waals surface area contributed by atoms with E-state index in [0.29, 0.717) is 42.0 Å². The number of likely N-dealkylation sites (tertiary alicyclic amines) is 1. The maximum atomic E-state index is 13.2. The minimum Gasteiger partial charge on any atom is -0.506 e. The molecule has 242 valence electrons. The highest BCUT2D eigenvalue weighted by Crippen LogP contribution is 2.33. The third kappa shape index (κ3) is 8.30. The van der Waals surface area contributed by atoms with Crippen LogP contribution in [-0.4, -0.2) is 88.9 Å². The number of piperidine rings is 1. The molecule has 2 aliphatic rings. The van der Waals surface area contributed by atoms with Crippen LogP contribution in [0.25, 0.3) is 10.2 Å². The summed E-state index contributed by atoms with van der Waals surface area (Å²) in [4.78, 5) is 34.2. The predicted octanol–water partition coefficient (Wildman–Crippen LogP) is 5.33. The van der Waals surface area contributed by atoms with Gasteiger partial charge in [0.15, 0.2) is 0 Å². The van der Waals surface area contributed by atoms with Gasteiger partial charge in [-0.3, -0.25) is 9.59 Å². The molecule has 4 N–H and O–H groups in total. The maximum absolute atomic E-state index is 13.2. The molecule has 2 fully saturated rings. The molecule has 4 heterocycles. The first-order valence-electron chi connectivity index (χ1n) is 16.2. The third-order valence-corrected chi connectivity index (χ3v) is 11.1. The minimum absolute atomic E-state index is 0.0263. The fraction of sp³-hybridized carbons (Fsp3) is 0.636. The quantitative estimate of drug-likeness (QED) is 0.175. The number of benzene rings is 1. The second-order valence-corrected chi connectivity index (χ2v) is 15.0. The smallest absolute Gasteiger partial charge is 0.305 e. The summed E-state index contributed by atoms with van der Waals surface area (Å²) in [6, 6.07) is 5.24.